The minimum atomic E-state index is -0.202. The van der Waals surface area contributed by atoms with Crippen LogP contribution in [-0.2, 0) is 0 Å². The van der Waals surface area contributed by atoms with Crippen molar-refractivity contribution < 1.29 is 14.0 Å². The van der Waals surface area contributed by atoms with Gasteiger partial charge in [-0.1, -0.05) is 13.3 Å². The molecular weight excluding hydrogens is 334 g/mol. The van der Waals surface area contributed by atoms with Crippen molar-refractivity contribution in [3.8, 4) is 0 Å². The Morgan fingerprint density at radius 2 is 1.96 bits per heavy atom. The van der Waals surface area contributed by atoms with Crippen LogP contribution >= 0.6 is 0 Å². The minimum Gasteiger partial charge on any atom is -0.459 e. The lowest BCUT2D eigenvalue weighted by atomic mass is 10.2. The summed E-state index contributed by atoms with van der Waals surface area (Å²) in [6.07, 6.45) is 3.47. The van der Waals surface area contributed by atoms with E-state index in [4.69, 9.17) is 4.42 Å². The lowest BCUT2D eigenvalue weighted by molar-refractivity contribution is 0.0714. The van der Waals surface area contributed by atoms with E-state index in [0.717, 1.165) is 12.8 Å². The number of carbonyl (C=O) groups is 2. The van der Waals surface area contributed by atoms with E-state index >= 15 is 0 Å². The molecule has 2 amide bonds. The Morgan fingerprint density at radius 3 is 2.58 bits per heavy atom. The molecule has 0 bridgehead atoms. The van der Waals surface area contributed by atoms with Crippen molar-refractivity contribution in [1.29, 1.82) is 0 Å². The van der Waals surface area contributed by atoms with Crippen LogP contribution in [0.2, 0.25) is 0 Å². The number of hydrogen-bond donors (Lipinski definition) is 1. The van der Waals surface area contributed by atoms with Crippen LogP contribution < -0.4 is 10.2 Å². The first kappa shape index (κ1) is 17.9. The second-order valence-electron chi connectivity index (χ2n) is 6.14. The van der Waals surface area contributed by atoms with E-state index < -0.39 is 0 Å². The van der Waals surface area contributed by atoms with Gasteiger partial charge in [-0.25, -0.2) is 0 Å². The van der Waals surface area contributed by atoms with Gasteiger partial charge in [0.15, 0.2) is 17.3 Å². The molecule has 138 valence electrons. The first-order valence-corrected chi connectivity index (χ1v) is 8.88. The average Bonchev–Trinajstić information content (AvgIpc) is 3.23. The second-order valence-corrected chi connectivity index (χ2v) is 6.14. The molecule has 1 aliphatic heterocycles. The molecule has 1 fully saturated rings. The van der Waals surface area contributed by atoms with Gasteiger partial charge in [0.05, 0.1) is 6.26 Å². The Hall–Kier alpha value is -2.90. The fourth-order valence-electron chi connectivity index (χ4n) is 2.78. The molecule has 0 atom stereocenters. The van der Waals surface area contributed by atoms with Crippen LogP contribution in [0.5, 0.6) is 0 Å². The number of unbranched alkanes of at least 4 members (excludes halogenated alkanes) is 1. The van der Waals surface area contributed by atoms with Crippen LogP contribution in [0.3, 0.4) is 0 Å². The van der Waals surface area contributed by atoms with Crippen LogP contribution in [0, 0.1) is 0 Å². The number of amides is 2. The number of furan rings is 1. The van der Waals surface area contributed by atoms with Crippen molar-refractivity contribution in [3.05, 3.63) is 42.0 Å². The van der Waals surface area contributed by atoms with Crippen molar-refractivity contribution >= 4 is 17.6 Å². The largest absolute Gasteiger partial charge is 0.459 e. The van der Waals surface area contributed by atoms with Gasteiger partial charge in [-0.15, -0.1) is 10.2 Å². The van der Waals surface area contributed by atoms with Gasteiger partial charge in [-0.2, -0.15) is 0 Å². The van der Waals surface area contributed by atoms with Crippen molar-refractivity contribution in [1.82, 2.24) is 20.4 Å². The summed E-state index contributed by atoms with van der Waals surface area (Å²) in [6, 6.07) is 6.86. The monoisotopic (exact) mass is 357 g/mol. The van der Waals surface area contributed by atoms with Crippen LogP contribution in [0.15, 0.2) is 34.9 Å². The maximum absolute atomic E-state index is 12.3. The molecule has 0 unspecified atom stereocenters. The van der Waals surface area contributed by atoms with Gasteiger partial charge in [-0.05, 0) is 30.7 Å². The molecule has 3 rings (SSSR count). The number of aromatic nitrogens is 2. The van der Waals surface area contributed by atoms with Gasteiger partial charge in [0.25, 0.3) is 11.8 Å². The van der Waals surface area contributed by atoms with E-state index in [1.807, 2.05) is 0 Å². The van der Waals surface area contributed by atoms with Crippen molar-refractivity contribution in [2.45, 2.75) is 19.8 Å². The second kappa shape index (κ2) is 8.46. The molecule has 0 saturated carbocycles. The first-order chi connectivity index (χ1) is 12.7. The van der Waals surface area contributed by atoms with Crippen molar-refractivity contribution in [2.75, 3.05) is 37.6 Å². The number of nitrogens with one attached hydrogen (secondary N) is 1. The van der Waals surface area contributed by atoms with Gasteiger partial charge in [0, 0.05) is 32.7 Å². The summed E-state index contributed by atoms with van der Waals surface area (Å²) in [7, 11) is 0. The zero-order chi connectivity index (χ0) is 18.4. The summed E-state index contributed by atoms with van der Waals surface area (Å²) in [6.45, 7) is 5.19. The molecule has 1 aliphatic rings. The highest BCUT2D eigenvalue weighted by molar-refractivity contribution is 5.92. The fourth-order valence-corrected chi connectivity index (χ4v) is 2.78. The number of hydrogen-bond acceptors (Lipinski definition) is 6. The number of rotatable bonds is 6. The Balaban J connectivity index is 1.53. The molecule has 26 heavy (non-hydrogen) atoms. The zero-order valence-corrected chi connectivity index (χ0v) is 14.9. The molecule has 2 aromatic heterocycles. The summed E-state index contributed by atoms with van der Waals surface area (Å²) in [4.78, 5) is 28.0. The van der Waals surface area contributed by atoms with E-state index in [1.165, 1.54) is 6.26 Å². The van der Waals surface area contributed by atoms with Gasteiger partial charge < -0.3 is 19.5 Å². The molecule has 0 spiro atoms. The highest BCUT2D eigenvalue weighted by Gasteiger charge is 2.24. The Bertz CT molecular complexity index is 722. The number of carbonyl (C=O) groups excluding carboxylic acids is 2. The third kappa shape index (κ3) is 4.19. The Kier molecular flexibility index (Phi) is 5.83. The topological polar surface area (TPSA) is 91.6 Å². The van der Waals surface area contributed by atoms with E-state index in [2.05, 4.69) is 27.3 Å². The molecule has 1 saturated heterocycles. The molecule has 3 heterocycles. The molecule has 8 heteroatoms. The molecule has 2 aromatic rings. The molecule has 1 N–H and O–H groups in total. The maximum atomic E-state index is 12.3. The number of nitrogens with zero attached hydrogens (tertiary/aromatic N) is 4. The SMILES string of the molecule is CCCCNC(=O)c1ccc(N2CCN(C(=O)c3ccco3)CC2)nn1. The highest BCUT2D eigenvalue weighted by atomic mass is 16.3. The lowest BCUT2D eigenvalue weighted by Crippen LogP contribution is -2.49. The van der Waals surface area contributed by atoms with Crippen molar-refractivity contribution in [2.24, 2.45) is 0 Å². The average molecular weight is 357 g/mol. The third-order valence-electron chi connectivity index (χ3n) is 4.32. The Labute approximate surface area is 152 Å². The van der Waals surface area contributed by atoms with Crippen molar-refractivity contribution in [3.63, 3.8) is 0 Å². The molecule has 0 radical (unpaired) electrons. The van der Waals surface area contributed by atoms with Gasteiger partial charge in [0.2, 0.25) is 0 Å². The summed E-state index contributed by atoms with van der Waals surface area (Å²) in [5.74, 6) is 0.767. The zero-order valence-electron chi connectivity index (χ0n) is 14.9. The molecule has 0 aromatic carbocycles. The fraction of sp³-hybridized carbons (Fsp3) is 0.444. The quantitative estimate of drug-likeness (QED) is 0.789. The van der Waals surface area contributed by atoms with Gasteiger partial charge in [-0.3, -0.25) is 9.59 Å². The summed E-state index contributed by atoms with van der Waals surface area (Å²) < 4.78 is 5.17. The standard InChI is InChI=1S/C18H23N5O3/c1-2-3-8-19-17(24)14-6-7-16(21-20-14)22-9-11-23(12-10-22)18(25)15-5-4-13-26-15/h4-7,13H,2-3,8-12H2,1H3,(H,19,24). The lowest BCUT2D eigenvalue weighted by Gasteiger charge is -2.34. The van der Waals surface area contributed by atoms with Crippen LogP contribution in [0.4, 0.5) is 5.82 Å². The number of piperazine rings is 1. The normalized spacial score (nSPS) is 14.3. The van der Waals surface area contributed by atoms with E-state index in [1.54, 1.807) is 29.2 Å². The van der Waals surface area contributed by atoms with Crippen LogP contribution in [-0.4, -0.2) is 59.6 Å². The maximum Gasteiger partial charge on any atom is 0.289 e. The van der Waals surface area contributed by atoms with Crippen LogP contribution in [0.25, 0.3) is 0 Å². The number of anilines is 1. The van der Waals surface area contributed by atoms with E-state index in [-0.39, 0.29) is 11.8 Å². The molecular formula is C18H23N5O3. The molecule has 0 aliphatic carbocycles. The van der Waals surface area contributed by atoms with Crippen LogP contribution in [0.1, 0.15) is 40.8 Å². The van der Waals surface area contributed by atoms with Gasteiger partial charge >= 0.3 is 0 Å². The molecule has 8 nitrogen and oxygen atoms in total. The predicted octanol–water partition coefficient (Wildman–Crippen LogP) is 1.56. The van der Waals surface area contributed by atoms with Gasteiger partial charge in [0.1, 0.15) is 0 Å². The summed E-state index contributed by atoms with van der Waals surface area (Å²) >= 11 is 0. The summed E-state index contributed by atoms with van der Waals surface area (Å²) in [5.41, 5.74) is 0.316. The van der Waals surface area contributed by atoms with E-state index in [9.17, 15) is 9.59 Å². The smallest absolute Gasteiger partial charge is 0.289 e. The first-order valence-electron chi connectivity index (χ1n) is 8.88. The summed E-state index contributed by atoms with van der Waals surface area (Å²) in [5, 5.41) is 11.0. The predicted molar refractivity (Wildman–Crippen MR) is 96.1 cm³/mol. The third-order valence-corrected chi connectivity index (χ3v) is 4.32. The Morgan fingerprint density at radius 1 is 1.15 bits per heavy atom. The van der Waals surface area contributed by atoms with E-state index in [0.29, 0.717) is 50.0 Å². The minimum absolute atomic E-state index is 0.0974. The highest BCUT2D eigenvalue weighted by Crippen LogP contribution is 2.15.